The van der Waals surface area contributed by atoms with Gasteiger partial charge in [0.2, 0.25) is 0 Å². The Morgan fingerprint density at radius 3 is 2.27 bits per heavy atom. The van der Waals surface area contributed by atoms with Crippen molar-refractivity contribution < 1.29 is 4.74 Å². The molecule has 0 bridgehead atoms. The third kappa shape index (κ3) is 2.64. The first-order valence-corrected chi connectivity index (χ1v) is 4.69. The maximum Gasteiger partial charge on any atom is 0.0634 e. The predicted octanol–water partition coefficient (Wildman–Crippen LogP) is 2.82. The zero-order chi connectivity index (χ0) is 8.48. The van der Waals surface area contributed by atoms with Crippen LogP contribution in [0.3, 0.4) is 0 Å². The first-order chi connectivity index (χ1) is 5.00. The zero-order valence-electron chi connectivity index (χ0n) is 7.56. The third-order valence-corrected chi connectivity index (χ3v) is 2.53. The van der Waals surface area contributed by atoms with E-state index in [-0.39, 0.29) is 10.8 Å². The standard InChI is InChI=1S/C9H17ClO/c1-9(2,3)8-5-4-7(10)6-11-8/h7-8H,4-6H2,1-3H3/t7-,8-/m1/s1. The van der Waals surface area contributed by atoms with E-state index in [1.165, 1.54) is 0 Å². The number of hydrogen-bond acceptors (Lipinski definition) is 1. The molecule has 2 heteroatoms. The van der Waals surface area contributed by atoms with Gasteiger partial charge in [-0.3, -0.25) is 0 Å². The molecule has 0 aliphatic carbocycles. The molecule has 2 atom stereocenters. The molecule has 1 saturated heterocycles. The van der Waals surface area contributed by atoms with Crippen LogP contribution < -0.4 is 0 Å². The molecule has 0 aromatic heterocycles. The van der Waals surface area contributed by atoms with Crippen molar-refractivity contribution in [3.8, 4) is 0 Å². The molecule has 0 aromatic rings. The Labute approximate surface area is 74.1 Å². The molecule has 0 saturated carbocycles. The SMILES string of the molecule is CC(C)(C)[C@H]1CC[C@@H](Cl)CO1. The lowest BCUT2D eigenvalue weighted by Crippen LogP contribution is -2.35. The average Bonchev–Trinajstić information content (AvgIpc) is 1.86. The molecular formula is C9H17ClO. The van der Waals surface area contributed by atoms with Gasteiger partial charge in [0.25, 0.3) is 0 Å². The number of ether oxygens (including phenoxy) is 1. The van der Waals surface area contributed by atoms with Gasteiger partial charge in [0, 0.05) is 0 Å². The van der Waals surface area contributed by atoms with E-state index in [1.807, 2.05) is 0 Å². The topological polar surface area (TPSA) is 9.23 Å². The fraction of sp³-hybridized carbons (Fsp3) is 1.00. The lowest BCUT2D eigenvalue weighted by molar-refractivity contribution is -0.0455. The second-order valence-electron chi connectivity index (χ2n) is 4.36. The molecule has 0 unspecified atom stereocenters. The average molecular weight is 177 g/mol. The van der Waals surface area contributed by atoms with Crippen molar-refractivity contribution in [2.75, 3.05) is 6.61 Å². The van der Waals surface area contributed by atoms with Crippen LogP contribution in [0.15, 0.2) is 0 Å². The Hall–Kier alpha value is 0.250. The first-order valence-electron chi connectivity index (χ1n) is 4.26. The van der Waals surface area contributed by atoms with E-state index >= 15 is 0 Å². The molecule has 1 aliphatic heterocycles. The van der Waals surface area contributed by atoms with Gasteiger partial charge in [-0.15, -0.1) is 11.6 Å². The highest BCUT2D eigenvalue weighted by Crippen LogP contribution is 2.30. The van der Waals surface area contributed by atoms with Crippen LogP contribution in [-0.2, 0) is 4.74 Å². The molecule has 0 amide bonds. The summed E-state index contributed by atoms with van der Waals surface area (Å²) in [5, 5.41) is 0.244. The lowest BCUT2D eigenvalue weighted by Gasteiger charge is -2.35. The van der Waals surface area contributed by atoms with Gasteiger partial charge in [-0.1, -0.05) is 20.8 Å². The third-order valence-electron chi connectivity index (χ3n) is 2.19. The molecule has 0 aromatic carbocycles. The van der Waals surface area contributed by atoms with Crippen LogP contribution in [0.25, 0.3) is 0 Å². The van der Waals surface area contributed by atoms with Crippen LogP contribution in [0.4, 0.5) is 0 Å². The Bertz CT molecular complexity index is 120. The summed E-state index contributed by atoms with van der Waals surface area (Å²) >= 11 is 5.91. The van der Waals surface area contributed by atoms with Crippen LogP contribution in [0, 0.1) is 5.41 Å². The van der Waals surface area contributed by atoms with Crippen LogP contribution in [0.1, 0.15) is 33.6 Å². The lowest BCUT2D eigenvalue weighted by atomic mass is 9.85. The number of halogens is 1. The first kappa shape index (κ1) is 9.34. The maximum absolute atomic E-state index is 5.91. The van der Waals surface area contributed by atoms with Crippen LogP contribution in [0.2, 0.25) is 0 Å². The summed E-state index contributed by atoms with van der Waals surface area (Å²) in [7, 11) is 0. The van der Waals surface area contributed by atoms with Crippen molar-refractivity contribution in [3.05, 3.63) is 0 Å². The molecule has 1 rings (SSSR count). The Morgan fingerprint density at radius 2 is 1.91 bits per heavy atom. The normalized spacial score (nSPS) is 33.8. The highest BCUT2D eigenvalue weighted by atomic mass is 35.5. The van der Waals surface area contributed by atoms with Crippen molar-refractivity contribution >= 4 is 11.6 Å². The second-order valence-corrected chi connectivity index (χ2v) is 4.98. The van der Waals surface area contributed by atoms with Crippen LogP contribution >= 0.6 is 11.6 Å². The van der Waals surface area contributed by atoms with Gasteiger partial charge >= 0.3 is 0 Å². The molecule has 1 nitrogen and oxygen atoms in total. The molecule has 0 spiro atoms. The fourth-order valence-corrected chi connectivity index (χ4v) is 1.60. The van der Waals surface area contributed by atoms with Gasteiger partial charge in [0.1, 0.15) is 0 Å². The van der Waals surface area contributed by atoms with Crippen LogP contribution in [-0.4, -0.2) is 18.1 Å². The van der Waals surface area contributed by atoms with Gasteiger partial charge in [0.05, 0.1) is 18.1 Å². The van der Waals surface area contributed by atoms with E-state index in [9.17, 15) is 0 Å². The number of rotatable bonds is 0. The highest BCUT2D eigenvalue weighted by molar-refractivity contribution is 6.20. The summed E-state index contributed by atoms with van der Waals surface area (Å²) in [5.74, 6) is 0. The van der Waals surface area contributed by atoms with Gasteiger partial charge in [-0.25, -0.2) is 0 Å². The summed E-state index contributed by atoms with van der Waals surface area (Å²) in [6, 6.07) is 0. The minimum atomic E-state index is 0.244. The molecule has 1 fully saturated rings. The van der Waals surface area contributed by atoms with E-state index in [1.54, 1.807) is 0 Å². The van der Waals surface area contributed by atoms with Crippen molar-refractivity contribution in [2.24, 2.45) is 5.41 Å². The maximum atomic E-state index is 5.91. The van der Waals surface area contributed by atoms with Crippen molar-refractivity contribution in [2.45, 2.75) is 45.1 Å². The molecule has 66 valence electrons. The van der Waals surface area contributed by atoms with Gasteiger partial charge in [0.15, 0.2) is 0 Å². The summed E-state index contributed by atoms with van der Waals surface area (Å²) < 4.78 is 5.62. The van der Waals surface area contributed by atoms with E-state index in [2.05, 4.69) is 20.8 Å². The number of alkyl halides is 1. The monoisotopic (exact) mass is 176 g/mol. The Morgan fingerprint density at radius 1 is 1.27 bits per heavy atom. The highest BCUT2D eigenvalue weighted by Gasteiger charge is 2.29. The molecule has 0 radical (unpaired) electrons. The molecule has 11 heavy (non-hydrogen) atoms. The van der Waals surface area contributed by atoms with E-state index in [0.29, 0.717) is 6.10 Å². The number of hydrogen-bond donors (Lipinski definition) is 0. The van der Waals surface area contributed by atoms with E-state index in [0.717, 1.165) is 19.4 Å². The predicted molar refractivity (Wildman–Crippen MR) is 48.1 cm³/mol. The smallest absolute Gasteiger partial charge is 0.0634 e. The Balaban J connectivity index is 2.39. The molecule has 0 N–H and O–H groups in total. The summed E-state index contributed by atoms with van der Waals surface area (Å²) in [5.41, 5.74) is 0.275. The summed E-state index contributed by atoms with van der Waals surface area (Å²) in [6.45, 7) is 7.37. The zero-order valence-corrected chi connectivity index (χ0v) is 8.32. The summed E-state index contributed by atoms with van der Waals surface area (Å²) in [6.07, 6.45) is 2.61. The van der Waals surface area contributed by atoms with E-state index in [4.69, 9.17) is 16.3 Å². The second kappa shape index (κ2) is 3.32. The quantitative estimate of drug-likeness (QED) is 0.516. The van der Waals surface area contributed by atoms with Crippen molar-refractivity contribution in [1.29, 1.82) is 0 Å². The molecular weight excluding hydrogens is 160 g/mol. The van der Waals surface area contributed by atoms with Crippen LogP contribution in [0.5, 0.6) is 0 Å². The minimum absolute atomic E-state index is 0.244. The van der Waals surface area contributed by atoms with Crippen molar-refractivity contribution in [3.63, 3.8) is 0 Å². The molecule has 1 aliphatic rings. The fourth-order valence-electron chi connectivity index (χ4n) is 1.40. The van der Waals surface area contributed by atoms with Gasteiger partial charge < -0.3 is 4.74 Å². The minimum Gasteiger partial charge on any atom is -0.376 e. The Kier molecular flexibility index (Phi) is 2.82. The van der Waals surface area contributed by atoms with E-state index < -0.39 is 0 Å². The molecule has 1 heterocycles. The van der Waals surface area contributed by atoms with Gasteiger partial charge in [-0.05, 0) is 18.3 Å². The largest absolute Gasteiger partial charge is 0.376 e. The summed E-state index contributed by atoms with van der Waals surface area (Å²) in [4.78, 5) is 0. The van der Waals surface area contributed by atoms with Crippen molar-refractivity contribution in [1.82, 2.24) is 0 Å². The van der Waals surface area contributed by atoms with Gasteiger partial charge in [-0.2, -0.15) is 0 Å².